The fourth-order valence-corrected chi connectivity index (χ4v) is 4.26. The maximum Gasteiger partial charge on any atom is 0.250 e. The molecule has 1 fully saturated rings. The highest BCUT2D eigenvalue weighted by Gasteiger charge is 2.17. The van der Waals surface area contributed by atoms with Gasteiger partial charge in [0, 0.05) is 48.0 Å². The van der Waals surface area contributed by atoms with Gasteiger partial charge in [0.15, 0.2) is 0 Å². The van der Waals surface area contributed by atoms with Crippen molar-refractivity contribution in [1.29, 1.82) is 0 Å². The van der Waals surface area contributed by atoms with Crippen LogP contribution in [0.3, 0.4) is 0 Å². The van der Waals surface area contributed by atoms with Crippen molar-refractivity contribution >= 4 is 11.6 Å². The summed E-state index contributed by atoms with van der Waals surface area (Å²) < 4.78 is 3.48. The molecule has 0 aliphatic heterocycles. The van der Waals surface area contributed by atoms with Crippen molar-refractivity contribution in [1.82, 2.24) is 19.3 Å². The lowest BCUT2D eigenvalue weighted by molar-refractivity contribution is 0.539. The maximum atomic E-state index is 11.9. The molecular formula is C22H25ClN4O. The zero-order valence-electron chi connectivity index (χ0n) is 16.1. The first kappa shape index (κ1) is 18.9. The number of nitrogens with zero attached hydrogens (tertiary/aromatic N) is 4. The highest BCUT2D eigenvalue weighted by molar-refractivity contribution is 6.33. The standard InChI is InChI=1S/C22H25ClN4O/c1-2-9-26-15-19(7-8-22(26)28)27-14-17(12-25-27)20-13-24-18(11-21(20)23)10-16-5-3-4-6-16/h7-8,11-16H,2-6,9-10H2,1H3. The van der Waals surface area contributed by atoms with Crippen LogP contribution in [-0.2, 0) is 13.0 Å². The topological polar surface area (TPSA) is 52.7 Å². The lowest BCUT2D eigenvalue weighted by atomic mass is 10.0. The number of hydrogen-bond acceptors (Lipinski definition) is 3. The van der Waals surface area contributed by atoms with Crippen molar-refractivity contribution in [2.24, 2.45) is 5.92 Å². The van der Waals surface area contributed by atoms with Crippen LogP contribution < -0.4 is 5.56 Å². The molecule has 0 bridgehead atoms. The van der Waals surface area contributed by atoms with Crippen LogP contribution in [-0.4, -0.2) is 19.3 Å². The average Bonchev–Trinajstić information content (AvgIpc) is 3.36. The van der Waals surface area contributed by atoms with E-state index < -0.39 is 0 Å². The second-order valence-corrected chi connectivity index (χ2v) is 8.01. The van der Waals surface area contributed by atoms with Crippen LogP contribution in [0.4, 0.5) is 0 Å². The van der Waals surface area contributed by atoms with Gasteiger partial charge in [-0.25, -0.2) is 4.68 Å². The normalized spacial score (nSPS) is 14.6. The van der Waals surface area contributed by atoms with E-state index in [2.05, 4.69) is 17.0 Å². The Morgan fingerprint density at radius 1 is 1.18 bits per heavy atom. The molecule has 1 aliphatic carbocycles. The van der Waals surface area contributed by atoms with Crippen molar-refractivity contribution in [2.45, 2.75) is 52.0 Å². The predicted molar refractivity (Wildman–Crippen MR) is 112 cm³/mol. The number of pyridine rings is 2. The molecule has 0 unspecified atom stereocenters. The van der Waals surface area contributed by atoms with E-state index in [9.17, 15) is 4.79 Å². The van der Waals surface area contributed by atoms with Crippen LogP contribution >= 0.6 is 11.6 Å². The Morgan fingerprint density at radius 2 is 2.00 bits per heavy atom. The van der Waals surface area contributed by atoms with Crippen molar-refractivity contribution < 1.29 is 0 Å². The minimum absolute atomic E-state index is 0.00285. The Kier molecular flexibility index (Phi) is 5.62. The first-order valence-electron chi connectivity index (χ1n) is 10.0. The zero-order valence-corrected chi connectivity index (χ0v) is 16.9. The van der Waals surface area contributed by atoms with Gasteiger partial charge in [0.05, 0.1) is 16.9 Å². The van der Waals surface area contributed by atoms with E-state index in [0.717, 1.165) is 41.3 Å². The van der Waals surface area contributed by atoms with Gasteiger partial charge in [-0.2, -0.15) is 5.10 Å². The third-order valence-corrected chi connectivity index (χ3v) is 5.79. The smallest absolute Gasteiger partial charge is 0.250 e. The Balaban J connectivity index is 1.57. The summed E-state index contributed by atoms with van der Waals surface area (Å²) in [4.78, 5) is 16.6. The Labute approximate surface area is 170 Å². The lowest BCUT2D eigenvalue weighted by Gasteiger charge is -2.09. The van der Waals surface area contributed by atoms with Gasteiger partial charge in [0.25, 0.3) is 5.56 Å². The predicted octanol–water partition coefficient (Wildman–Crippen LogP) is 4.89. The van der Waals surface area contributed by atoms with E-state index in [1.54, 1.807) is 27.6 Å². The van der Waals surface area contributed by atoms with E-state index in [1.807, 2.05) is 24.7 Å². The summed E-state index contributed by atoms with van der Waals surface area (Å²) in [7, 11) is 0. The maximum absolute atomic E-state index is 11.9. The first-order valence-corrected chi connectivity index (χ1v) is 10.4. The zero-order chi connectivity index (χ0) is 19.5. The van der Waals surface area contributed by atoms with Gasteiger partial charge in [-0.3, -0.25) is 9.78 Å². The molecule has 4 rings (SSSR count). The van der Waals surface area contributed by atoms with Crippen LogP contribution in [0, 0.1) is 5.92 Å². The van der Waals surface area contributed by atoms with Gasteiger partial charge in [-0.15, -0.1) is 0 Å². The van der Waals surface area contributed by atoms with E-state index in [0.29, 0.717) is 11.6 Å². The molecular weight excluding hydrogens is 372 g/mol. The Morgan fingerprint density at radius 3 is 2.75 bits per heavy atom. The molecule has 1 aliphatic rings. The van der Waals surface area contributed by atoms with Gasteiger partial charge >= 0.3 is 0 Å². The third-order valence-electron chi connectivity index (χ3n) is 5.47. The molecule has 6 heteroatoms. The Hall–Kier alpha value is -2.40. The molecule has 3 aromatic rings. The van der Waals surface area contributed by atoms with Crippen LogP contribution in [0.1, 0.15) is 44.7 Å². The number of hydrogen-bond donors (Lipinski definition) is 0. The molecule has 0 atom stereocenters. The van der Waals surface area contributed by atoms with E-state index in [1.165, 1.54) is 25.7 Å². The van der Waals surface area contributed by atoms with E-state index in [-0.39, 0.29) is 5.56 Å². The van der Waals surface area contributed by atoms with Crippen LogP contribution in [0.25, 0.3) is 16.8 Å². The molecule has 0 spiro atoms. The van der Waals surface area contributed by atoms with Gasteiger partial charge in [-0.05, 0) is 30.9 Å². The molecule has 146 valence electrons. The van der Waals surface area contributed by atoms with Gasteiger partial charge in [-0.1, -0.05) is 44.2 Å². The summed E-state index contributed by atoms with van der Waals surface area (Å²) >= 11 is 6.57. The molecule has 0 saturated heterocycles. The van der Waals surface area contributed by atoms with Crippen molar-refractivity contribution in [2.75, 3.05) is 0 Å². The summed E-state index contributed by atoms with van der Waals surface area (Å²) in [6, 6.07) is 5.36. The molecule has 28 heavy (non-hydrogen) atoms. The fourth-order valence-electron chi connectivity index (χ4n) is 3.98. The molecule has 3 heterocycles. The quantitative estimate of drug-likeness (QED) is 0.595. The van der Waals surface area contributed by atoms with Crippen molar-refractivity contribution in [3.8, 4) is 16.8 Å². The summed E-state index contributed by atoms with van der Waals surface area (Å²) in [5.41, 5.74) is 3.71. The second kappa shape index (κ2) is 8.31. The van der Waals surface area contributed by atoms with Gasteiger partial charge in [0.1, 0.15) is 0 Å². The summed E-state index contributed by atoms with van der Waals surface area (Å²) in [6.07, 6.45) is 14.6. The monoisotopic (exact) mass is 396 g/mol. The minimum Gasteiger partial charge on any atom is -0.313 e. The van der Waals surface area contributed by atoms with E-state index >= 15 is 0 Å². The fraction of sp³-hybridized carbons (Fsp3) is 0.409. The highest BCUT2D eigenvalue weighted by Crippen LogP contribution is 2.31. The average molecular weight is 397 g/mol. The molecule has 3 aromatic heterocycles. The lowest BCUT2D eigenvalue weighted by Crippen LogP contribution is -2.19. The van der Waals surface area contributed by atoms with Crippen molar-refractivity contribution in [3.05, 3.63) is 64.1 Å². The molecule has 1 saturated carbocycles. The summed E-state index contributed by atoms with van der Waals surface area (Å²) in [5, 5.41) is 5.16. The van der Waals surface area contributed by atoms with Gasteiger partial charge in [0.2, 0.25) is 0 Å². The second-order valence-electron chi connectivity index (χ2n) is 7.60. The number of rotatable bonds is 6. The number of aromatic nitrogens is 4. The first-order chi connectivity index (χ1) is 13.6. The number of aryl methyl sites for hydroxylation is 1. The number of halogens is 1. The molecule has 0 radical (unpaired) electrons. The van der Waals surface area contributed by atoms with Gasteiger partial charge < -0.3 is 4.57 Å². The van der Waals surface area contributed by atoms with Crippen LogP contribution in [0.15, 0.2) is 47.8 Å². The largest absolute Gasteiger partial charge is 0.313 e. The minimum atomic E-state index is 0.00285. The molecule has 0 N–H and O–H groups in total. The van der Waals surface area contributed by atoms with Crippen LogP contribution in [0.5, 0.6) is 0 Å². The molecule has 0 amide bonds. The summed E-state index contributed by atoms with van der Waals surface area (Å²) in [5.74, 6) is 0.746. The molecule has 5 nitrogen and oxygen atoms in total. The van der Waals surface area contributed by atoms with Crippen molar-refractivity contribution in [3.63, 3.8) is 0 Å². The highest BCUT2D eigenvalue weighted by atomic mass is 35.5. The summed E-state index contributed by atoms with van der Waals surface area (Å²) in [6.45, 7) is 2.75. The Bertz CT molecular complexity index is 1020. The van der Waals surface area contributed by atoms with E-state index in [4.69, 9.17) is 11.6 Å². The SMILES string of the molecule is CCCn1cc(-n2cc(-c3cnc(CC4CCCC4)cc3Cl)cn2)ccc1=O. The molecule has 0 aromatic carbocycles. The van der Waals surface area contributed by atoms with Crippen LogP contribution in [0.2, 0.25) is 5.02 Å². The third kappa shape index (κ3) is 4.04.